The number of hydrogen-bond donors (Lipinski definition) is 1. The molecular weight excluding hydrogens is 501 g/mol. The van der Waals surface area contributed by atoms with E-state index >= 15 is 0 Å². The zero-order valence-electron chi connectivity index (χ0n) is 20.8. The molecule has 3 aromatic carbocycles. The van der Waals surface area contributed by atoms with Crippen molar-refractivity contribution in [1.82, 2.24) is 14.8 Å². The fourth-order valence-corrected chi connectivity index (χ4v) is 3.69. The van der Waals surface area contributed by atoms with Crippen LogP contribution in [0.2, 0.25) is 0 Å². The van der Waals surface area contributed by atoms with Crippen molar-refractivity contribution < 1.29 is 32.2 Å². The van der Waals surface area contributed by atoms with Crippen LogP contribution in [0.25, 0.3) is 17.1 Å². The minimum Gasteiger partial charge on any atom is -0.497 e. The molecular formula is C27H25F3N4O4. The van der Waals surface area contributed by atoms with E-state index in [0.29, 0.717) is 29.2 Å². The molecule has 0 fully saturated rings. The molecule has 0 aliphatic rings. The van der Waals surface area contributed by atoms with Gasteiger partial charge in [-0.05, 0) is 80.1 Å². The van der Waals surface area contributed by atoms with Crippen LogP contribution < -0.4 is 14.8 Å². The topological polar surface area (TPSA) is 87.5 Å². The highest BCUT2D eigenvalue weighted by Crippen LogP contribution is 2.25. The monoisotopic (exact) mass is 526 g/mol. The highest BCUT2D eigenvalue weighted by Gasteiger charge is 2.31. The van der Waals surface area contributed by atoms with E-state index in [1.807, 2.05) is 38.1 Å². The van der Waals surface area contributed by atoms with Gasteiger partial charge < -0.3 is 14.2 Å². The summed E-state index contributed by atoms with van der Waals surface area (Å²) in [5.41, 5.74) is 1.98. The number of anilines is 1. The molecule has 1 amide bonds. The molecule has 0 aliphatic carbocycles. The number of nitrogens with zero attached hydrogens (tertiary/aromatic N) is 3. The molecule has 0 atom stereocenters. The van der Waals surface area contributed by atoms with E-state index in [0.717, 1.165) is 11.3 Å². The van der Waals surface area contributed by atoms with Gasteiger partial charge in [-0.1, -0.05) is 12.1 Å². The summed E-state index contributed by atoms with van der Waals surface area (Å²) >= 11 is 0. The van der Waals surface area contributed by atoms with Crippen molar-refractivity contribution in [2.45, 2.75) is 32.2 Å². The molecule has 0 saturated heterocycles. The van der Waals surface area contributed by atoms with Crippen molar-refractivity contribution in [2.24, 2.45) is 0 Å². The second-order valence-electron chi connectivity index (χ2n) is 8.93. The van der Waals surface area contributed by atoms with Crippen LogP contribution in [0.15, 0.2) is 79.1 Å². The Morgan fingerprint density at radius 1 is 0.921 bits per heavy atom. The van der Waals surface area contributed by atoms with Gasteiger partial charge in [-0.25, -0.2) is 14.5 Å². The summed E-state index contributed by atoms with van der Waals surface area (Å²) in [4.78, 5) is 16.7. The van der Waals surface area contributed by atoms with Crippen molar-refractivity contribution in [3.8, 4) is 28.6 Å². The molecule has 0 bridgehead atoms. The van der Waals surface area contributed by atoms with Crippen LogP contribution in [-0.4, -0.2) is 39.9 Å². The molecule has 0 unspecified atom stereocenters. The average molecular weight is 527 g/mol. The molecule has 0 aliphatic heterocycles. The number of aromatic nitrogens is 3. The van der Waals surface area contributed by atoms with Gasteiger partial charge in [-0.15, -0.1) is 18.3 Å². The van der Waals surface area contributed by atoms with Gasteiger partial charge in [0, 0.05) is 17.7 Å². The lowest BCUT2D eigenvalue weighted by molar-refractivity contribution is -0.274. The summed E-state index contributed by atoms with van der Waals surface area (Å²) in [6.45, 7) is 3.66. The number of amides is 1. The minimum absolute atomic E-state index is 0.327. The van der Waals surface area contributed by atoms with Gasteiger partial charge in [-0.2, -0.15) is 0 Å². The normalized spacial score (nSPS) is 11.6. The first-order chi connectivity index (χ1) is 18.0. The molecule has 1 N–H and O–H groups in total. The van der Waals surface area contributed by atoms with Gasteiger partial charge in [-0.3, -0.25) is 5.32 Å². The van der Waals surface area contributed by atoms with Crippen molar-refractivity contribution in [3.05, 3.63) is 84.7 Å². The standard InChI is InChI=1S/C27H25F3N4O4/c1-26(2,16-18-4-12-22(36-3)13-5-18)38-25(35)32-20-8-6-19(7-9-20)24-31-17-34(33-24)21-10-14-23(15-11-21)37-27(28,29)30/h4-15,17H,16H2,1-3H3,(H,32,35). The van der Waals surface area contributed by atoms with Gasteiger partial charge >= 0.3 is 12.5 Å². The van der Waals surface area contributed by atoms with E-state index in [1.54, 1.807) is 31.4 Å². The lowest BCUT2D eigenvalue weighted by atomic mass is 9.98. The van der Waals surface area contributed by atoms with E-state index in [-0.39, 0.29) is 5.75 Å². The van der Waals surface area contributed by atoms with Crippen LogP contribution >= 0.6 is 0 Å². The Kier molecular flexibility index (Phi) is 7.56. The first-order valence-electron chi connectivity index (χ1n) is 11.5. The zero-order chi connectivity index (χ0) is 27.3. The second-order valence-corrected chi connectivity index (χ2v) is 8.93. The molecule has 38 heavy (non-hydrogen) atoms. The van der Waals surface area contributed by atoms with Crippen LogP contribution in [0.3, 0.4) is 0 Å². The number of ether oxygens (including phenoxy) is 3. The van der Waals surface area contributed by atoms with Crippen LogP contribution in [0.5, 0.6) is 11.5 Å². The van der Waals surface area contributed by atoms with E-state index in [1.165, 1.54) is 35.3 Å². The SMILES string of the molecule is COc1ccc(CC(C)(C)OC(=O)Nc2ccc(-c3ncn(-c4ccc(OC(F)(F)F)cc4)n3)cc2)cc1. The first-order valence-corrected chi connectivity index (χ1v) is 11.5. The van der Waals surface area contributed by atoms with Crippen molar-refractivity contribution in [2.75, 3.05) is 12.4 Å². The summed E-state index contributed by atoms with van der Waals surface area (Å²) in [6, 6.07) is 19.7. The number of hydrogen-bond acceptors (Lipinski definition) is 6. The van der Waals surface area contributed by atoms with Crippen molar-refractivity contribution in [3.63, 3.8) is 0 Å². The van der Waals surface area contributed by atoms with Crippen LogP contribution in [0.4, 0.5) is 23.7 Å². The number of halogens is 3. The van der Waals surface area contributed by atoms with Gasteiger partial charge in [0.25, 0.3) is 0 Å². The number of benzene rings is 3. The quantitative estimate of drug-likeness (QED) is 0.285. The Hall–Kier alpha value is -4.54. The van der Waals surface area contributed by atoms with Gasteiger partial charge in [0.2, 0.25) is 0 Å². The number of methoxy groups -OCH3 is 1. The van der Waals surface area contributed by atoms with Crippen LogP contribution in [-0.2, 0) is 11.2 Å². The summed E-state index contributed by atoms with van der Waals surface area (Å²) in [6.07, 6.45) is -3.37. The summed E-state index contributed by atoms with van der Waals surface area (Å²) < 4.78 is 53.1. The van der Waals surface area contributed by atoms with Gasteiger partial charge in [0.1, 0.15) is 23.4 Å². The molecule has 0 spiro atoms. The lowest BCUT2D eigenvalue weighted by Gasteiger charge is -2.25. The van der Waals surface area contributed by atoms with E-state index in [2.05, 4.69) is 20.1 Å². The first kappa shape index (κ1) is 26.5. The maximum absolute atomic E-state index is 12.5. The largest absolute Gasteiger partial charge is 0.573 e. The highest BCUT2D eigenvalue weighted by molar-refractivity contribution is 5.85. The molecule has 1 heterocycles. The van der Waals surface area contributed by atoms with Crippen LogP contribution in [0, 0.1) is 0 Å². The van der Waals surface area contributed by atoms with Crippen molar-refractivity contribution in [1.29, 1.82) is 0 Å². The number of alkyl halides is 3. The number of carbonyl (C=O) groups excluding carboxylic acids is 1. The molecule has 8 nitrogen and oxygen atoms in total. The Labute approximate surface area is 217 Å². The Morgan fingerprint density at radius 3 is 2.16 bits per heavy atom. The van der Waals surface area contributed by atoms with Gasteiger partial charge in [0.15, 0.2) is 5.82 Å². The summed E-state index contributed by atoms with van der Waals surface area (Å²) in [5, 5.41) is 7.08. The summed E-state index contributed by atoms with van der Waals surface area (Å²) in [7, 11) is 1.60. The fraction of sp³-hybridized carbons (Fsp3) is 0.222. The van der Waals surface area contributed by atoms with E-state index in [9.17, 15) is 18.0 Å². The summed E-state index contributed by atoms with van der Waals surface area (Å²) in [5.74, 6) is 0.826. The molecule has 11 heteroatoms. The van der Waals surface area contributed by atoms with Crippen molar-refractivity contribution >= 4 is 11.8 Å². The fourth-order valence-electron chi connectivity index (χ4n) is 3.69. The predicted octanol–water partition coefficient (Wildman–Crippen LogP) is 6.41. The zero-order valence-corrected chi connectivity index (χ0v) is 20.8. The van der Waals surface area contributed by atoms with Gasteiger partial charge in [0.05, 0.1) is 12.8 Å². The minimum atomic E-state index is -4.76. The van der Waals surface area contributed by atoms with E-state index < -0.39 is 18.1 Å². The molecule has 198 valence electrons. The highest BCUT2D eigenvalue weighted by atomic mass is 19.4. The molecule has 0 saturated carbocycles. The van der Waals surface area contributed by atoms with Crippen LogP contribution in [0.1, 0.15) is 19.4 Å². The molecule has 1 aromatic heterocycles. The predicted molar refractivity (Wildman–Crippen MR) is 134 cm³/mol. The third-order valence-corrected chi connectivity index (χ3v) is 5.37. The maximum Gasteiger partial charge on any atom is 0.573 e. The Balaban J connectivity index is 1.34. The number of rotatable bonds is 8. The second kappa shape index (κ2) is 10.8. The lowest BCUT2D eigenvalue weighted by Crippen LogP contribution is -2.32. The average Bonchev–Trinajstić information content (AvgIpc) is 3.34. The molecule has 4 rings (SSSR count). The molecule has 4 aromatic rings. The van der Waals surface area contributed by atoms with E-state index in [4.69, 9.17) is 9.47 Å². The third-order valence-electron chi connectivity index (χ3n) is 5.37. The Morgan fingerprint density at radius 2 is 1.55 bits per heavy atom. The smallest absolute Gasteiger partial charge is 0.497 e. The number of nitrogens with one attached hydrogen (secondary N) is 1. The molecule has 0 radical (unpaired) electrons. The third kappa shape index (κ3) is 7.25. The number of carbonyl (C=O) groups is 1. The Bertz CT molecular complexity index is 1370. The maximum atomic E-state index is 12.5.